The van der Waals surface area contributed by atoms with Gasteiger partial charge in [-0.15, -0.1) is 15.9 Å². The van der Waals surface area contributed by atoms with Gasteiger partial charge in [-0.1, -0.05) is 0 Å². The van der Waals surface area contributed by atoms with Gasteiger partial charge in [0.1, 0.15) is 6.04 Å². The van der Waals surface area contributed by atoms with Crippen LogP contribution in [0.25, 0.3) is 0 Å². The molecule has 3 heterocycles. The number of hydroxylamine groups is 3. The van der Waals surface area contributed by atoms with Crippen LogP contribution < -0.4 is 10.8 Å². The molecule has 0 aromatic heterocycles. The van der Waals surface area contributed by atoms with Crippen LogP contribution >= 0.6 is 11.6 Å². The smallest absolute Gasteiger partial charge is 0.311 e. The molecule has 0 saturated carbocycles. The molecule has 148 valence electrons. The molecule has 0 radical (unpaired) electrons. The van der Waals surface area contributed by atoms with Crippen molar-refractivity contribution in [3.8, 4) is 0 Å². The molecule has 2 bridgehead atoms. The van der Waals surface area contributed by atoms with Crippen molar-refractivity contribution < 1.29 is 31.7 Å². The first-order valence-electron chi connectivity index (χ1n) is 8.26. The maximum atomic E-state index is 12.3. The van der Waals surface area contributed by atoms with Crippen molar-refractivity contribution in [1.29, 1.82) is 0 Å². The molecule has 26 heavy (non-hydrogen) atoms. The maximum Gasteiger partial charge on any atom is 0.418 e. The highest BCUT2D eigenvalue weighted by atomic mass is 35.5. The zero-order valence-corrected chi connectivity index (χ0v) is 15.4. The van der Waals surface area contributed by atoms with E-state index in [0.717, 1.165) is 13.0 Å². The van der Waals surface area contributed by atoms with Gasteiger partial charge in [0.15, 0.2) is 0 Å². The first-order chi connectivity index (χ1) is 12.3. The van der Waals surface area contributed by atoms with E-state index >= 15 is 0 Å². The largest absolute Gasteiger partial charge is 0.418 e. The summed E-state index contributed by atoms with van der Waals surface area (Å²) in [5.74, 6) is 0.461. The Balaban J connectivity index is 1.49. The van der Waals surface area contributed by atoms with Gasteiger partial charge in [-0.25, -0.2) is 10.3 Å². The van der Waals surface area contributed by atoms with Gasteiger partial charge in [-0.2, -0.15) is 13.5 Å². The zero-order valence-electron chi connectivity index (χ0n) is 13.8. The molecule has 0 aromatic carbocycles. The van der Waals surface area contributed by atoms with E-state index in [9.17, 15) is 18.0 Å². The van der Waals surface area contributed by atoms with Crippen LogP contribution in [-0.4, -0.2) is 78.6 Å². The van der Waals surface area contributed by atoms with Crippen LogP contribution in [0.2, 0.25) is 0 Å². The van der Waals surface area contributed by atoms with E-state index in [2.05, 4.69) is 15.1 Å². The number of nitrogens with one attached hydrogen (secondary N) is 2. The van der Waals surface area contributed by atoms with E-state index < -0.39 is 34.4 Å². The maximum absolute atomic E-state index is 12.3. The lowest BCUT2D eigenvalue weighted by Crippen LogP contribution is -2.50. The highest BCUT2D eigenvalue weighted by Gasteiger charge is 2.49. The molecular formula is C13H21ClN4O7S. The van der Waals surface area contributed by atoms with Crippen LogP contribution in [0.4, 0.5) is 4.79 Å². The summed E-state index contributed by atoms with van der Waals surface area (Å²) >= 11 is 5.81. The highest BCUT2D eigenvalue weighted by Crippen LogP contribution is 2.30. The van der Waals surface area contributed by atoms with Crippen molar-refractivity contribution in [2.45, 2.75) is 37.4 Å². The third-order valence-corrected chi connectivity index (χ3v) is 5.57. The summed E-state index contributed by atoms with van der Waals surface area (Å²) in [6, 6.07) is -2.01. The monoisotopic (exact) mass is 412 g/mol. The highest BCUT2D eigenvalue weighted by molar-refractivity contribution is 7.80. The molecular weight excluding hydrogens is 392 g/mol. The number of amides is 3. The van der Waals surface area contributed by atoms with Gasteiger partial charge in [-0.3, -0.25) is 14.2 Å². The Morgan fingerprint density at radius 1 is 1.42 bits per heavy atom. The normalized spacial score (nSPS) is 31.5. The number of rotatable bonds is 7. The summed E-state index contributed by atoms with van der Waals surface area (Å²) in [6.45, 7) is 1.22. The Kier molecular flexibility index (Phi) is 5.89. The Hall–Kier alpha value is -1.18. The minimum absolute atomic E-state index is 0.0989. The number of hydrogen-bond acceptors (Lipinski definition) is 7. The summed E-state index contributed by atoms with van der Waals surface area (Å²) < 4.78 is 34.8. The van der Waals surface area contributed by atoms with Crippen molar-refractivity contribution >= 4 is 33.9 Å². The molecule has 3 rings (SSSR count). The molecule has 3 aliphatic rings. The fraction of sp³-hybridized carbons (Fsp3) is 0.846. The third-order valence-electron chi connectivity index (χ3n) is 4.79. The van der Waals surface area contributed by atoms with Crippen molar-refractivity contribution in [2.24, 2.45) is 5.92 Å². The SMILES string of the molecule is O=C(NOC[C@H]1C[C@@H](CCl)CN1)C1CCC2CN1C(=O)N2OS(=O)(=O)O. The number of halogens is 1. The van der Waals surface area contributed by atoms with E-state index in [-0.39, 0.29) is 19.2 Å². The van der Waals surface area contributed by atoms with Crippen LogP contribution in [0.15, 0.2) is 0 Å². The lowest BCUT2D eigenvalue weighted by atomic mass is 10.0. The average Bonchev–Trinajstić information content (AvgIpc) is 3.13. The van der Waals surface area contributed by atoms with Crippen LogP contribution in [0, 0.1) is 5.92 Å². The number of fused-ring (bicyclic) bond motifs is 2. The second-order valence-corrected chi connectivity index (χ2v) is 7.96. The number of piperidine rings is 1. The first kappa shape index (κ1) is 19.6. The number of hydrogen-bond donors (Lipinski definition) is 3. The van der Waals surface area contributed by atoms with E-state index in [1.54, 1.807) is 0 Å². The predicted octanol–water partition coefficient (Wildman–Crippen LogP) is -0.746. The van der Waals surface area contributed by atoms with Crippen molar-refractivity contribution in [3.05, 3.63) is 0 Å². The molecule has 2 unspecified atom stereocenters. The van der Waals surface area contributed by atoms with Gasteiger partial charge in [0.25, 0.3) is 5.91 Å². The summed E-state index contributed by atoms with van der Waals surface area (Å²) in [7, 11) is -4.81. The quantitative estimate of drug-likeness (QED) is 0.282. The lowest BCUT2D eigenvalue weighted by molar-refractivity contribution is -0.139. The van der Waals surface area contributed by atoms with Crippen molar-refractivity contribution in [3.63, 3.8) is 0 Å². The Labute approximate surface area is 155 Å². The number of carbonyl (C=O) groups is 2. The van der Waals surface area contributed by atoms with Crippen LogP contribution in [0.3, 0.4) is 0 Å². The van der Waals surface area contributed by atoms with Crippen molar-refractivity contribution in [1.82, 2.24) is 20.8 Å². The van der Waals surface area contributed by atoms with Gasteiger partial charge in [-0.05, 0) is 31.7 Å². The topological polar surface area (TPSA) is 138 Å². The van der Waals surface area contributed by atoms with Gasteiger partial charge in [0.2, 0.25) is 0 Å². The van der Waals surface area contributed by atoms with Gasteiger partial charge >= 0.3 is 16.4 Å². The van der Waals surface area contributed by atoms with E-state index in [1.807, 2.05) is 0 Å². The van der Waals surface area contributed by atoms with Crippen LogP contribution in [0.5, 0.6) is 0 Å². The number of carbonyl (C=O) groups excluding carboxylic acids is 2. The molecule has 3 saturated heterocycles. The number of urea groups is 1. The number of nitrogens with zero attached hydrogens (tertiary/aromatic N) is 2. The minimum Gasteiger partial charge on any atom is -0.311 e. The summed E-state index contributed by atoms with van der Waals surface area (Å²) in [6.07, 6.45) is 1.54. The van der Waals surface area contributed by atoms with E-state index in [0.29, 0.717) is 29.7 Å². The molecule has 3 amide bonds. The molecule has 3 N–H and O–H groups in total. The molecule has 4 atom stereocenters. The second kappa shape index (κ2) is 7.82. The minimum atomic E-state index is -4.81. The summed E-state index contributed by atoms with van der Waals surface area (Å²) in [5.41, 5.74) is 2.35. The van der Waals surface area contributed by atoms with E-state index in [1.165, 1.54) is 4.90 Å². The summed E-state index contributed by atoms with van der Waals surface area (Å²) in [4.78, 5) is 31.0. The van der Waals surface area contributed by atoms with Gasteiger partial charge in [0, 0.05) is 18.5 Å². The predicted molar refractivity (Wildman–Crippen MR) is 88.1 cm³/mol. The molecule has 0 spiro atoms. The zero-order chi connectivity index (χ0) is 18.9. The molecule has 3 aliphatic heterocycles. The second-order valence-electron chi connectivity index (χ2n) is 6.65. The molecule has 0 aliphatic carbocycles. The van der Waals surface area contributed by atoms with E-state index in [4.69, 9.17) is 21.0 Å². The van der Waals surface area contributed by atoms with Crippen LogP contribution in [0.1, 0.15) is 19.3 Å². The Morgan fingerprint density at radius 2 is 2.19 bits per heavy atom. The molecule has 11 nitrogen and oxygen atoms in total. The average molecular weight is 413 g/mol. The fourth-order valence-electron chi connectivity index (χ4n) is 3.53. The van der Waals surface area contributed by atoms with Gasteiger partial charge in [0.05, 0.1) is 12.6 Å². The standard InChI is InChI=1S/C13H21ClN4O7S/c14-4-8-3-9(15-5-8)7-24-16-12(19)11-2-1-10-6-17(11)13(20)18(10)25-26(21,22)23/h8-11,15H,1-7H2,(H,16,19)(H,21,22,23)/t8-,9+,10?,11?/m0/s1. The fourth-order valence-corrected chi connectivity index (χ4v) is 4.16. The van der Waals surface area contributed by atoms with Crippen LogP contribution in [-0.2, 0) is 24.3 Å². The molecule has 3 fully saturated rings. The Morgan fingerprint density at radius 3 is 2.85 bits per heavy atom. The first-order valence-corrected chi connectivity index (χ1v) is 10.2. The lowest BCUT2D eigenvalue weighted by Gasteiger charge is -2.29. The Bertz CT molecular complexity index is 663. The van der Waals surface area contributed by atoms with Gasteiger partial charge < -0.3 is 10.2 Å². The van der Waals surface area contributed by atoms with Crippen molar-refractivity contribution in [2.75, 3.05) is 25.6 Å². The summed E-state index contributed by atoms with van der Waals surface area (Å²) in [5, 5.41) is 3.84. The molecule has 13 heteroatoms. The third kappa shape index (κ3) is 4.38. The number of alkyl halides is 1. The molecule has 0 aromatic rings.